The molecule has 2 aliphatic rings. The maximum absolute atomic E-state index is 13.0. The lowest BCUT2D eigenvalue weighted by Crippen LogP contribution is -2.42. The number of rotatable bonds is 8. The molecule has 6 nitrogen and oxygen atoms in total. The topological polar surface area (TPSA) is 71.1 Å². The third-order valence-corrected chi connectivity index (χ3v) is 5.65. The lowest BCUT2D eigenvalue weighted by Gasteiger charge is -2.37. The van der Waals surface area contributed by atoms with Gasteiger partial charge in [-0.05, 0) is 68.3 Å². The van der Waals surface area contributed by atoms with Crippen LogP contribution in [0.25, 0.3) is 0 Å². The molecule has 4 rings (SSSR count). The number of benzene rings is 2. The molecule has 1 heterocycles. The molecule has 2 aromatic rings. The minimum atomic E-state index is -0.390. The summed E-state index contributed by atoms with van der Waals surface area (Å²) in [5.41, 5.74) is 0.406. The first-order valence-electron chi connectivity index (χ1n) is 10.7. The predicted molar refractivity (Wildman–Crippen MR) is 114 cm³/mol. The molecule has 0 radical (unpaired) electrons. The van der Waals surface area contributed by atoms with Crippen molar-refractivity contribution in [3.05, 3.63) is 71.9 Å². The van der Waals surface area contributed by atoms with E-state index in [1.165, 1.54) is 30.5 Å². The van der Waals surface area contributed by atoms with Gasteiger partial charge in [0.05, 0.1) is 18.6 Å². The molecule has 168 valence electrons. The fraction of sp³-hybridized carbons (Fsp3) is 0.360. The van der Waals surface area contributed by atoms with Gasteiger partial charge in [-0.3, -0.25) is 9.59 Å². The molecule has 0 aromatic heterocycles. The van der Waals surface area contributed by atoms with Crippen molar-refractivity contribution in [1.82, 2.24) is 0 Å². The van der Waals surface area contributed by atoms with Gasteiger partial charge in [0.1, 0.15) is 36.3 Å². The highest BCUT2D eigenvalue weighted by molar-refractivity contribution is 5.97. The van der Waals surface area contributed by atoms with E-state index in [-0.39, 0.29) is 47.9 Å². The highest BCUT2D eigenvalue weighted by Crippen LogP contribution is 2.35. The Labute approximate surface area is 185 Å². The van der Waals surface area contributed by atoms with Crippen molar-refractivity contribution >= 4 is 11.6 Å². The monoisotopic (exact) mass is 440 g/mol. The first-order valence-corrected chi connectivity index (χ1v) is 10.7. The van der Waals surface area contributed by atoms with E-state index in [0.717, 1.165) is 5.75 Å². The van der Waals surface area contributed by atoms with Crippen molar-refractivity contribution in [2.24, 2.45) is 5.92 Å². The Bertz CT molecular complexity index is 982. The van der Waals surface area contributed by atoms with Gasteiger partial charge in [-0.2, -0.15) is 0 Å². The highest BCUT2D eigenvalue weighted by atomic mass is 19.1. The summed E-state index contributed by atoms with van der Waals surface area (Å²) in [5, 5.41) is 0. The number of hydrogen-bond donors (Lipinski definition) is 0. The Morgan fingerprint density at radius 2 is 1.78 bits per heavy atom. The summed E-state index contributed by atoms with van der Waals surface area (Å²) < 4.78 is 35.7. The summed E-state index contributed by atoms with van der Waals surface area (Å²) >= 11 is 0. The second-order valence-corrected chi connectivity index (χ2v) is 7.81. The molecule has 1 aliphatic heterocycles. The second-order valence-electron chi connectivity index (χ2n) is 7.81. The first-order chi connectivity index (χ1) is 15.5. The third kappa shape index (κ3) is 5.16. The van der Waals surface area contributed by atoms with E-state index in [4.69, 9.17) is 18.9 Å². The summed E-state index contributed by atoms with van der Waals surface area (Å²) in [6.07, 6.45) is 2.61. The van der Waals surface area contributed by atoms with Gasteiger partial charge in [-0.1, -0.05) is 0 Å². The van der Waals surface area contributed by atoms with Gasteiger partial charge in [0.25, 0.3) is 0 Å². The number of hydrogen-bond acceptors (Lipinski definition) is 6. The Morgan fingerprint density at radius 3 is 2.50 bits per heavy atom. The van der Waals surface area contributed by atoms with Crippen LogP contribution in [0.15, 0.2) is 60.6 Å². The number of allylic oxidation sites excluding steroid dienone is 1. The zero-order valence-corrected chi connectivity index (χ0v) is 17.8. The summed E-state index contributed by atoms with van der Waals surface area (Å²) in [7, 11) is 0. The average molecular weight is 440 g/mol. The van der Waals surface area contributed by atoms with E-state index in [1.807, 2.05) is 6.92 Å². The van der Waals surface area contributed by atoms with Gasteiger partial charge in [-0.15, -0.1) is 0 Å². The molecule has 3 atom stereocenters. The molecule has 0 amide bonds. The Kier molecular flexibility index (Phi) is 6.85. The smallest absolute Gasteiger partial charge is 0.207 e. The number of carbonyl (C=O) groups is 2. The van der Waals surface area contributed by atoms with E-state index in [2.05, 4.69) is 0 Å². The normalized spacial score (nSPS) is 22.4. The van der Waals surface area contributed by atoms with Crippen molar-refractivity contribution in [2.75, 3.05) is 13.2 Å². The molecule has 3 unspecified atom stereocenters. The number of halogens is 1. The summed E-state index contributed by atoms with van der Waals surface area (Å²) in [6, 6.07) is 12.4. The van der Waals surface area contributed by atoms with E-state index in [1.54, 1.807) is 24.3 Å². The van der Waals surface area contributed by atoms with Gasteiger partial charge in [0.15, 0.2) is 5.78 Å². The molecule has 0 saturated heterocycles. The van der Waals surface area contributed by atoms with Crippen LogP contribution in [0.2, 0.25) is 0 Å². The number of Topliss-reactive ketones (excluding diaryl/α,β-unsaturated/α-hetero) is 2. The van der Waals surface area contributed by atoms with Crippen molar-refractivity contribution in [3.63, 3.8) is 0 Å². The van der Waals surface area contributed by atoms with Crippen LogP contribution in [0.3, 0.4) is 0 Å². The molecule has 2 aromatic carbocycles. The summed E-state index contributed by atoms with van der Waals surface area (Å²) in [6.45, 7) is 2.39. The van der Waals surface area contributed by atoms with E-state index >= 15 is 0 Å². The van der Waals surface area contributed by atoms with Gasteiger partial charge in [0.2, 0.25) is 11.5 Å². The SMILES string of the molecule is CCOc1ccc(OC2=COC3CC(OCC(=O)c4ccc(F)cc4)CCC3C2=O)cc1. The number of ketones is 2. The molecule has 32 heavy (non-hydrogen) atoms. The van der Waals surface area contributed by atoms with Gasteiger partial charge in [0, 0.05) is 12.0 Å². The molecular formula is C25H25FO6. The minimum absolute atomic E-state index is 0.0871. The third-order valence-electron chi connectivity index (χ3n) is 5.65. The fourth-order valence-corrected chi connectivity index (χ4v) is 3.97. The molecular weight excluding hydrogens is 415 g/mol. The zero-order valence-electron chi connectivity index (χ0n) is 17.8. The lowest BCUT2D eigenvalue weighted by molar-refractivity contribution is -0.133. The van der Waals surface area contributed by atoms with Crippen molar-refractivity contribution in [2.45, 2.75) is 38.4 Å². The summed E-state index contributed by atoms with van der Waals surface area (Å²) in [4.78, 5) is 25.1. The molecule has 7 heteroatoms. The van der Waals surface area contributed by atoms with Crippen molar-refractivity contribution < 1.29 is 32.9 Å². The van der Waals surface area contributed by atoms with Crippen LogP contribution in [-0.4, -0.2) is 37.0 Å². The quantitative estimate of drug-likeness (QED) is 0.564. The molecule has 0 bridgehead atoms. The average Bonchev–Trinajstić information content (AvgIpc) is 2.81. The predicted octanol–water partition coefficient (Wildman–Crippen LogP) is 4.48. The molecule has 0 N–H and O–H groups in total. The number of ether oxygens (including phenoxy) is 4. The van der Waals surface area contributed by atoms with Crippen LogP contribution in [0.4, 0.5) is 4.39 Å². The Balaban J connectivity index is 1.30. The maximum atomic E-state index is 13.0. The fourth-order valence-electron chi connectivity index (χ4n) is 3.97. The van der Waals surface area contributed by atoms with E-state index < -0.39 is 0 Å². The molecule has 1 aliphatic carbocycles. The van der Waals surface area contributed by atoms with Crippen LogP contribution >= 0.6 is 0 Å². The minimum Gasteiger partial charge on any atom is -0.494 e. The number of fused-ring (bicyclic) bond motifs is 1. The van der Waals surface area contributed by atoms with Gasteiger partial charge < -0.3 is 18.9 Å². The lowest BCUT2D eigenvalue weighted by atomic mass is 9.80. The summed E-state index contributed by atoms with van der Waals surface area (Å²) in [5.74, 6) is 0.461. The van der Waals surface area contributed by atoms with Crippen LogP contribution < -0.4 is 9.47 Å². The highest BCUT2D eigenvalue weighted by Gasteiger charge is 2.41. The number of carbonyl (C=O) groups excluding carboxylic acids is 2. The van der Waals surface area contributed by atoms with Crippen molar-refractivity contribution in [3.8, 4) is 11.5 Å². The second kappa shape index (κ2) is 9.96. The maximum Gasteiger partial charge on any atom is 0.207 e. The standard InChI is InChI=1S/C25H25FO6/c1-2-29-18-7-9-19(10-8-18)32-24-15-31-23-13-20(11-12-21(23)25(24)28)30-14-22(27)16-3-5-17(26)6-4-16/h3-10,15,20-21,23H,2,11-14H2,1H3. The Hall–Kier alpha value is -3.19. The van der Waals surface area contributed by atoms with Gasteiger partial charge in [-0.25, -0.2) is 4.39 Å². The molecule has 1 saturated carbocycles. The largest absolute Gasteiger partial charge is 0.494 e. The Morgan fingerprint density at radius 1 is 1.06 bits per heavy atom. The van der Waals surface area contributed by atoms with E-state index in [0.29, 0.717) is 37.2 Å². The van der Waals surface area contributed by atoms with Crippen LogP contribution in [0.5, 0.6) is 11.5 Å². The van der Waals surface area contributed by atoms with Crippen LogP contribution in [0.1, 0.15) is 36.5 Å². The van der Waals surface area contributed by atoms with Crippen LogP contribution in [-0.2, 0) is 14.3 Å². The van der Waals surface area contributed by atoms with Crippen LogP contribution in [0, 0.1) is 11.7 Å². The van der Waals surface area contributed by atoms with Gasteiger partial charge >= 0.3 is 0 Å². The molecule has 1 fully saturated rings. The first kappa shape index (κ1) is 22.0. The van der Waals surface area contributed by atoms with Crippen molar-refractivity contribution in [1.29, 1.82) is 0 Å². The zero-order chi connectivity index (χ0) is 22.5. The molecule has 0 spiro atoms. The van der Waals surface area contributed by atoms with E-state index in [9.17, 15) is 14.0 Å².